The van der Waals surface area contributed by atoms with E-state index in [9.17, 15) is 4.79 Å². The number of oxazole rings is 1. The van der Waals surface area contributed by atoms with E-state index in [0.717, 1.165) is 16.8 Å². The number of benzene rings is 2. The quantitative estimate of drug-likeness (QED) is 0.718. The molecule has 3 aromatic rings. The third-order valence-electron chi connectivity index (χ3n) is 4.10. The smallest absolute Gasteiger partial charge is 0.230 e. The van der Waals surface area contributed by atoms with Crippen LogP contribution in [0.3, 0.4) is 0 Å². The molecule has 1 heterocycles. The van der Waals surface area contributed by atoms with Crippen molar-refractivity contribution in [3.8, 4) is 11.5 Å². The maximum atomic E-state index is 12.5. The molecule has 0 aliphatic carbocycles. The summed E-state index contributed by atoms with van der Waals surface area (Å²) in [6.07, 6.45) is 0.189. The number of para-hydroxylation sites is 1. The van der Waals surface area contributed by atoms with Gasteiger partial charge in [-0.05, 0) is 36.6 Å². The van der Waals surface area contributed by atoms with Crippen LogP contribution in [0.5, 0.6) is 0 Å². The highest BCUT2D eigenvalue weighted by molar-refractivity contribution is 5.93. The van der Waals surface area contributed by atoms with E-state index in [4.69, 9.17) is 4.42 Å². The predicted octanol–water partition coefficient (Wildman–Crippen LogP) is 4.95. The normalized spacial score (nSPS) is 10.9. The molecule has 0 atom stereocenters. The summed E-state index contributed by atoms with van der Waals surface area (Å²) in [5.41, 5.74) is 3.55. The lowest BCUT2D eigenvalue weighted by Gasteiger charge is -2.13. The summed E-state index contributed by atoms with van der Waals surface area (Å²) in [6, 6.07) is 17.6. The number of carbonyl (C=O) groups is 1. The van der Waals surface area contributed by atoms with Crippen molar-refractivity contribution in [1.82, 2.24) is 4.98 Å². The summed E-state index contributed by atoms with van der Waals surface area (Å²) in [5, 5.41) is 3.00. The highest BCUT2D eigenvalue weighted by Crippen LogP contribution is 2.25. The maximum Gasteiger partial charge on any atom is 0.230 e. The van der Waals surface area contributed by atoms with Crippen LogP contribution in [0.2, 0.25) is 0 Å². The van der Waals surface area contributed by atoms with Gasteiger partial charge in [-0.2, -0.15) is 0 Å². The molecule has 4 nitrogen and oxygen atoms in total. The van der Waals surface area contributed by atoms with E-state index in [2.05, 4.69) is 24.1 Å². The second kappa shape index (κ2) is 7.34. The van der Waals surface area contributed by atoms with Gasteiger partial charge in [-0.25, -0.2) is 4.98 Å². The summed E-state index contributed by atoms with van der Waals surface area (Å²) in [6.45, 7) is 6.06. The van der Waals surface area contributed by atoms with Crippen molar-refractivity contribution in [3.63, 3.8) is 0 Å². The van der Waals surface area contributed by atoms with Gasteiger partial charge in [0, 0.05) is 11.3 Å². The van der Waals surface area contributed by atoms with Gasteiger partial charge in [-0.3, -0.25) is 4.79 Å². The molecule has 0 unspecified atom stereocenters. The number of aryl methyl sites for hydroxylation is 1. The molecule has 1 N–H and O–H groups in total. The van der Waals surface area contributed by atoms with E-state index < -0.39 is 0 Å². The first-order valence-electron chi connectivity index (χ1n) is 8.45. The minimum atomic E-state index is -0.0934. The van der Waals surface area contributed by atoms with Gasteiger partial charge < -0.3 is 9.73 Å². The minimum absolute atomic E-state index is 0.0934. The number of nitrogens with one attached hydrogen (secondary N) is 1. The summed E-state index contributed by atoms with van der Waals surface area (Å²) >= 11 is 0. The fraction of sp³-hybridized carbons (Fsp3) is 0.238. The molecule has 2 aromatic carbocycles. The maximum absolute atomic E-state index is 12.5. The molecule has 128 valence electrons. The van der Waals surface area contributed by atoms with Crippen molar-refractivity contribution >= 4 is 11.6 Å². The van der Waals surface area contributed by atoms with Gasteiger partial charge in [0.2, 0.25) is 11.8 Å². The van der Waals surface area contributed by atoms with E-state index in [1.807, 2.05) is 61.5 Å². The summed E-state index contributed by atoms with van der Waals surface area (Å²) in [7, 11) is 0. The third kappa shape index (κ3) is 3.97. The fourth-order valence-electron chi connectivity index (χ4n) is 2.76. The number of aromatic nitrogens is 1. The molecule has 0 aliphatic heterocycles. The zero-order valence-electron chi connectivity index (χ0n) is 14.7. The molecule has 0 aliphatic rings. The van der Waals surface area contributed by atoms with Gasteiger partial charge in [-0.15, -0.1) is 0 Å². The SMILES string of the molecule is Cc1oc(-c2ccccc2)nc1CC(=O)Nc1ccccc1C(C)C. The molecule has 0 saturated carbocycles. The first-order valence-corrected chi connectivity index (χ1v) is 8.45. The van der Waals surface area contributed by atoms with Gasteiger partial charge in [-0.1, -0.05) is 50.2 Å². The Kier molecular flexibility index (Phi) is 4.98. The molecule has 3 rings (SSSR count). The molecule has 25 heavy (non-hydrogen) atoms. The second-order valence-electron chi connectivity index (χ2n) is 6.35. The van der Waals surface area contributed by atoms with Crippen LogP contribution in [0.25, 0.3) is 11.5 Å². The molecule has 4 heteroatoms. The van der Waals surface area contributed by atoms with E-state index >= 15 is 0 Å². The molecule has 0 saturated heterocycles. The summed E-state index contributed by atoms with van der Waals surface area (Å²) in [5.74, 6) is 1.47. The van der Waals surface area contributed by atoms with E-state index in [1.165, 1.54) is 0 Å². The lowest BCUT2D eigenvalue weighted by Crippen LogP contribution is -2.16. The first kappa shape index (κ1) is 17.0. The summed E-state index contributed by atoms with van der Waals surface area (Å²) in [4.78, 5) is 17.0. The number of rotatable bonds is 5. The Bertz CT molecular complexity index is 867. The first-order chi connectivity index (χ1) is 12.0. The Morgan fingerprint density at radius 1 is 1.08 bits per heavy atom. The van der Waals surface area contributed by atoms with Crippen LogP contribution in [0.15, 0.2) is 59.0 Å². The van der Waals surface area contributed by atoms with Crippen molar-refractivity contribution in [2.45, 2.75) is 33.1 Å². The molecule has 1 aromatic heterocycles. The van der Waals surface area contributed by atoms with E-state index in [0.29, 0.717) is 23.3 Å². The Morgan fingerprint density at radius 3 is 2.48 bits per heavy atom. The number of amides is 1. The number of hydrogen-bond acceptors (Lipinski definition) is 3. The molecule has 0 spiro atoms. The number of carbonyl (C=O) groups excluding carboxylic acids is 1. The van der Waals surface area contributed by atoms with Gasteiger partial charge >= 0.3 is 0 Å². The molecular weight excluding hydrogens is 312 g/mol. The van der Waals surface area contributed by atoms with Crippen LogP contribution in [-0.2, 0) is 11.2 Å². The summed E-state index contributed by atoms with van der Waals surface area (Å²) < 4.78 is 5.72. The molecule has 1 amide bonds. The standard InChI is InChI=1S/C21H22N2O2/c1-14(2)17-11-7-8-12-18(17)22-20(24)13-19-15(3)25-21(23-19)16-9-5-4-6-10-16/h4-12,14H,13H2,1-3H3,(H,22,24). The van der Waals surface area contributed by atoms with E-state index in [-0.39, 0.29) is 12.3 Å². The van der Waals surface area contributed by atoms with Gasteiger partial charge in [0.25, 0.3) is 0 Å². The van der Waals surface area contributed by atoms with Gasteiger partial charge in [0.1, 0.15) is 5.76 Å². The number of nitrogens with zero attached hydrogens (tertiary/aromatic N) is 1. The minimum Gasteiger partial charge on any atom is -0.441 e. The van der Waals surface area contributed by atoms with Gasteiger partial charge in [0.15, 0.2) is 0 Å². The van der Waals surface area contributed by atoms with Crippen molar-refractivity contribution < 1.29 is 9.21 Å². The van der Waals surface area contributed by atoms with Crippen LogP contribution in [0.1, 0.15) is 36.8 Å². The van der Waals surface area contributed by atoms with Crippen molar-refractivity contribution in [2.75, 3.05) is 5.32 Å². The second-order valence-corrected chi connectivity index (χ2v) is 6.35. The predicted molar refractivity (Wildman–Crippen MR) is 99.5 cm³/mol. The lowest BCUT2D eigenvalue weighted by atomic mass is 10.0. The lowest BCUT2D eigenvalue weighted by molar-refractivity contribution is -0.115. The molecule has 0 bridgehead atoms. The van der Waals surface area contributed by atoms with Crippen LogP contribution >= 0.6 is 0 Å². The fourth-order valence-corrected chi connectivity index (χ4v) is 2.76. The van der Waals surface area contributed by atoms with Crippen LogP contribution < -0.4 is 5.32 Å². The van der Waals surface area contributed by atoms with Crippen LogP contribution in [0.4, 0.5) is 5.69 Å². The average Bonchev–Trinajstić information content (AvgIpc) is 2.96. The van der Waals surface area contributed by atoms with Crippen LogP contribution in [-0.4, -0.2) is 10.9 Å². The Labute approximate surface area is 147 Å². The monoisotopic (exact) mass is 334 g/mol. The van der Waals surface area contributed by atoms with Crippen molar-refractivity contribution in [2.24, 2.45) is 0 Å². The Hall–Kier alpha value is -2.88. The molecule has 0 radical (unpaired) electrons. The molecule has 0 fully saturated rings. The largest absolute Gasteiger partial charge is 0.441 e. The molecular formula is C21H22N2O2. The Balaban J connectivity index is 1.75. The number of hydrogen-bond donors (Lipinski definition) is 1. The topological polar surface area (TPSA) is 55.1 Å². The Morgan fingerprint density at radius 2 is 1.76 bits per heavy atom. The average molecular weight is 334 g/mol. The zero-order valence-corrected chi connectivity index (χ0v) is 14.7. The highest BCUT2D eigenvalue weighted by Gasteiger charge is 2.16. The number of anilines is 1. The zero-order chi connectivity index (χ0) is 17.8. The van der Waals surface area contributed by atoms with Gasteiger partial charge in [0.05, 0.1) is 12.1 Å². The highest BCUT2D eigenvalue weighted by atomic mass is 16.4. The van der Waals surface area contributed by atoms with E-state index in [1.54, 1.807) is 0 Å². The third-order valence-corrected chi connectivity index (χ3v) is 4.10. The van der Waals surface area contributed by atoms with Crippen LogP contribution in [0, 0.1) is 6.92 Å². The van der Waals surface area contributed by atoms with Crippen molar-refractivity contribution in [3.05, 3.63) is 71.6 Å². The van der Waals surface area contributed by atoms with Crippen molar-refractivity contribution in [1.29, 1.82) is 0 Å².